The highest BCUT2D eigenvalue weighted by Gasteiger charge is 2.39. The summed E-state index contributed by atoms with van der Waals surface area (Å²) in [6, 6.07) is 0. The zero-order valence-electron chi connectivity index (χ0n) is 11.9. The van der Waals surface area contributed by atoms with E-state index in [0.29, 0.717) is 5.92 Å². The van der Waals surface area contributed by atoms with Crippen molar-refractivity contribution in [2.45, 2.75) is 66.1 Å². The molecule has 2 heteroatoms. The summed E-state index contributed by atoms with van der Waals surface area (Å²) in [7, 11) is 0. The third-order valence-electron chi connectivity index (χ3n) is 5.20. The average molecular weight is 242 g/mol. The monoisotopic (exact) mass is 242 g/mol. The van der Waals surface area contributed by atoms with Gasteiger partial charge in [-0.25, -0.2) is 0 Å². The zero-order valence-corrected chi connectivity index (χ0v) is 11.9. The van der Waals surface area contributed by atoms with Crippen LogP contribution in [-0.2, 0) is 0 Å². The van der Waals surface area contributed by atoms with Crippen molar-refractivity contribution in [3.8, 4) is 0 Å². The van der Waals surface area contributed by atoms with E-state index in [1.165, 1.54) is 19.3 Å². The molecule has 0 spiro atoms. The summed E-state index contributed by atoms with van der Waals surface area (Å²) in [5, 5.41) is 18.8. The minimum Gasteiger partial charge on any atom is -0.368 e. The molecule has 5 atom stereocenters. The Morgan fingerprint density at radius 1 is 1.06 bits per heavy atom. The van der Waals surface area contributed by atoms with Crippen molar-refractivity contribution in [2.75, 3.05) is 0 Å². The van der Waals surface area contributed by atoms with Crippen molar-refractivity contribution in [3.63, 3.8) is 0 Å². The first kappa shape index (κ1) is 15.0. The number of aliphatic hydroxyl groups is 2. The molecular formula is C15H30O2. The first-order valence-electron chi connectivity index (χ1n) is 7.41. The molecule has 0 radical (unpaired) electrons. The van der Waals surface area contributed by atoms with Gasteiger partial charge in [-0.15, -0.1) is 0 Å². The second kappa shape index (κ2) is 6.75. The highest BCUT2D eigenvalue weighted by Crippen LogP contribution is 2.47. The van der Waals surface area contributed by atoms with Crippen LogP contribution in [-0.4, -0.2) is 16.5 Å². The summed E-state index contributed by atoms with van der Waals surface area (Å²) >= 11 is 0. The van der Waals surface area contributed by atoms with E-state index in [1.54, 1.807) is 0 Å². The molecule has 1 saturated carbocycles. The average Bonchev–Trinajstić information content (AvgIpc) is 2.62. The lowest BCUT2D eigenvalue weighted by Gasteiger charge is -2.28. The SMILES string of the molecule is CCC(CC1C(CC)CC(CC)C1C)C(O)O. The van der Waals surface area contributed by atoms with Crippen LogP contribution in [0.2, 0.25) is 0 Å². The first-order valence-corrected chi connectivity index (χ1v) is 7.41. The van der Waals surface area contributed by atoms with Gasteiger partial charge in [0.05, 0.1) is 0 Å². The highest BCUT2D eigenvalue weighted by atomic mass is 16.5. The third-order valence-corrected chi connectivity index (χ3v) is 5.20. The van der Waals surface area contributed by atoms with Crippen LogP contribution in [0.4, 0.5) is 0 Å². The predicted molar refractivity (Wildman–Crippen MR) is 71.5 cm³/mol. The molecule has 0 aliphatic heterocycles. The maximum absolute atomic E-state index is 9.40. The molecule has 0 aromatic heterocycles. The Balaban J connectivity index is 2.66. The van der Waals surface area contributed by atoms with Gasteiger partial charge < -0.3 is 10.2 Å². The molecule has 0 aromatic carbocycles. The van der Waals surface area contributed by atoms with Gasteiger partial charge in [-0.3, -0.25) is 0 Å². The topological polar surface area (TPSA) is 40.5 Å². The minimum atomic E-state index is -1.13. The lowest BCUT2D eigenvalue weighted by molar-refractivity contribution is -0.0930. The Hall–Kier alpha value is -0.0800. The van der Waals surface area contributed by atoms with Crippen molar-refractivity contribution < 1.29 is 10.2 Å². The van der Waals surface area contributed by atoms with Gasteiger partial charge in [0.25, 0.3) is 0 Å². The van der Waals surface area contributed by atoms with Crippen molar-refractivity contribution in [2.24, 2.45) is 29.6 Å². The van der Waals surface area contributed by atoms with Crippen LogP contribution in [0.5, 0.6) is 0 Å². The maximum Gasteiger partial charge on any atom is 0.154 e. The lowest BCUT2D eigenvalue weighted by atomic mass is 9.79. The van der Waals surface area contributed by atoms with Crippen LogP contribution in [0.1, 0.15) is 59.8 Å². The van der Waals surface area contributed by atoms with Crippen LogP contribution < -0.4 is 0 Å². The van der Waals surface area contributed by atoms with Crippen LogP contribution in [0.25, 0.3) is 0 Å². The lowest BCUT2D eigenvalue weighted by Crippen LogP contribution is -2.26. The molecule has 5 unspecified atom stereocenters. The van der Waals surface area contributed by atoms with E-state index in [0.717, 1.165) is 30.6 Å². The van der Waals surface area contributed by atoms with Gasteiger partial charge in [0, 0.05) is 5.92 Å². The van der Waals surface area contributed by atoms with Gasteiger partial charge in [0.2, 0.25) is 0 Å². The van der Waals surface area contributed by atoms with Crippen molar-refractivity contribution in [3.05, 3.63) is 0 Å². The smallest absolute Gasteiger partial charge is 0.154 e. The Kier molecular flexibility index (Phi) is 5.94. The fourth-order valence-corrected chi connectivity index (χ4v) is 3.82. The van der Waals surface area contributed by atoms with Crippen molar-refractivity contribution in [1.29, 1.82) is 0 Å². The highest BCUT2D eigenvalue weighted by molar-refractivity contribution is 4.88. The summed E-state index contributed by atoms with van der Waals surface area (Å²) < 4.78 is 0. The van der Waals surface area contributed by atoms with Crippen LogP contribution in [0.15, 0.2) is 0 Å². The van der Waals surface area contributed by atoms with E-state index in [-0.39, 0.29) is 5.92 Å². The van der Waals surface area contributed by atoms with Gasteiger partial charge >= 0.3 is 0 Å². The predicted octanol–water partition coefficient (Wildman–Crippen LogP) is 3.42. The Bertz CT molecular complexity index is 213. The van der Waals surface area contributed by atoms with Crippen LogP contribution >= 0.6 is 0 Å². The van der Waals surface area contributed by atoms with Gasteiger partial charge in [-0.1, -0.05) is 40.5 Å². The van der Waals surface area contributed by atoms with Crippen molar-refractivity contribution >= 4 is 0 Å². The van der Waals surface area contributed by atoms with E-state index >= 15 is 0 Å². The van der Waals surface area contributed by atoms with Gasteiger partial charge in [0.15, 0.2) is 6.29 Å². The quantitative estimate of drug-likeness (QED) is 0.701. The van der Waals surface area contributed by atoms with E-state index in [2.05, 4.69) is 27.7 Å². The van der Waals surface area contributed by atoms with Crippen LogP contribution in [0, 0.1) is 29.6 Å². The molecule has 0 amide bonds. The van der Waals surface area contributed by atoms with Crippen LogP contribution in [0.3, 0.4) is 0 Å². The number of hydrogen-bond donors (Lipinski definition) is 2. The molecule has 0 heterocycles. The van der Waals surface area contributed by atoms with Gasteiger partial charge in [0.1, 0.15) is 0 Å². The third kappa shape index (κ3) is 3.45. The second-order valence-corrected chi connectivity index (χ2v) is 5.91. The largest absolute Gasteiger partial charge is 0.368 e. The van der Waals surface area contributed by atoms with E-state index in [9.17, 15) is 10.2 Å². The van der Waals surface area contributed by atoms with Crippen molar-refractivity contribution in [1.82, 2.24) is 0 Å². The minimum absolute atomic E-state index is 0.0621. The molecule has 1 aliphatic carbocycles. The van der Waals surface area contributed by atoms with Gasteiger partial charge in [-0.2, -0.15) is 0 Å². The summed E-state index contributed by atoms with van der Waals surface area (Å²) in [6.45, 7) is 8.99. The molecule has 1 fully saturated rings. The Morgan fingerprint density at radius 2 is 1.65 bits per heavy atom. The Morgan fingerprint density at radius 3 is 2.06 bits per heavy atom. The zero-order chi connectivity index (χ0) is 13.0. The standard InChI is InChI=1S/C15H30O2/c1-5-11-8-12(6-2)14(10(11)4)9-13(7-3)15(16)17/h10-17H,5-9H2,1-4H3. The van der Waals surface area contributed by atoms with E-state index in [4.69, 9.17) is 0 Å². The summed E-state index contributed by atoms with van der Waals surface area (Å²) in [6.07, 6.45) is 4.58. The number of aliphatic hydroxyl groups excluding tert-OH is 1. The molecule has 2 nitrogen and oxygen atoms in total. The van der Waals surface area contributed by atoms with E-state index in [1.807, 2.05) is 0 Å². The molecule has 102 valence electrons. The molecular weight excluding hydrogens is 212 g/mol. The maximum atomic E-state index is 9.40. The molecule has 1 aliphatic rings. The summed E-state index contributed by atoms with van der Waals surface area (Å²) in [4.78, 5) is 0. The molecule has 2 N–H and O–H groups in total. The molecule has 0 bridgehead atoms. The summed E-state index contributed by atoms with van der Waals surface area (Å²) in [5.74, 6) is 3.14. The van der Waals surface area contributed by atoms with Gasteiger partial charge in [-0.05, 0) is 42.9 Å². The molecule has 17 heavy (non-hydrogen) atoms. The summed E-state index contributed by atoms with van der Waals surface area (Å²) in [5.41, 5.74) is 0. The molecule has 0 aromatic rings. The fraction of sp³-hybridized carbons (Fsp3) is 1.00. The molecule has 1 rings (SSSR count). The van der Waals surface area contributed by atoms with E-state index < -0.39 is 6.29 Å². The molecule has 0 saturated heterocycles. The fourth-order valence-electron chi connectivity index (χ4n) is 3.82. The Labute approximate surface area is 106 Å². The second-order valence-electron chi connectivity index (χ2n) is 5.91. The number of hydrogen-bond acceptors (Lipinski definition) is 2. The first-order chi connectivity index (χ1) is 8.04. The normalized spacial score (nSPS) is 35.5. The number of rotatable bonds is 6.